The van der Waals surface area contributed by atoms with Gasteiger partial charge in [-0.2, -0.15) is 17.5 Å². The van der Waals surface area contributed by atoms with Gasteiger partial charge >= 0.3 is 6.18 Å². The standard InChI is InChI=1S/C8H6F3N5S2/c1-12-6-15-4(8(9,10)11)2-5(16-6)17-7-13-3-14-18-7/h2-3H,1H3,(H,12,15,16). The summed E-state index contributed by atoms with van der Waals surface area (Å²) < 4.78 is 42.1. The number of alkyl halides is 3. The van der Waals surface area contributed by atoms with Gasteiger partial charge in [0.25, 0.3) is 0 Å². The summed E-state index contributed by atoms with van der Waals surface area (Å²) in [5, 5.41) is 2.66. The molecule has 0 aliphatic carbocycles. The van der Waals surface area contributed by atoms with Gasteiger partial charge in [-0.1, -0.05) is 0 Å². The minimum absolute atomic E-state index is 0.0863. The Balaban J connectivity index is 2.35. The largest absolute Gasteiger partial charge is 0.433 e. The van der Waals surface area contributed by atoms with E-state index < -0.39 is 11.9 Å². The molecule has 0 bridgehead atoms. The van der Waals surface area contributed by atoms with Gasteiger partial charge in [-0.3, -0.25) is 0 Å². The zero-order valence-electron chi connectivity index (χ0n) is 8.89. The fourth-order valence-electron chi connectivity index (χ4n) is 1.03. The van der Waals surface area contributed by atoms with Crippen LogP contribution in [0.2, 0.25) is 0 Å². The van der Waals surface area contributed by atoms with E-state index in [4.69, 9.17) is 0 Å². The molecule has 2 aromatic heterocycles. The normalized spacial score (nSPS) is 11.6. The van der Waals surface area contributed by atoms with Gasteiger partial charge in [0.2, 0.25) is 5.95 Å². The van der Waals surface area contributed by atoms with Gasteiger partial charge in [0, 0.05) is 13.1 Å². The average Bonchev–Trinajstić information content (AvgIpc) is 2.80. The Morgan fingerprint density at radius 1 is 1.33 bits per heavy atom. The lowest BCUT2D eigenvalue weighted by atomic mass is 10.4. The molecule has 0 aliphatic heterocycles. The average molecular weight is 293 g/mol. The second-order valence-corrected chi connectivity index (χ2v) is 5.02. The first-order valence-electron chi connectivity index (χ1n) is 4.57. The van der Waals surface area contributed by atoms with Crippen molar-refractivity contribution in [3.8, 4) is 0 Å². The van der Waals surface area contributed by atoms with Crippen LogP contribution in [0.1, 0.15) is 5.69 Å². The van der Waals surface area contributed by atoms with E-state index >= 15 is 0 Å². The fourth-order valence-corrected chi connectivity index (χ4v) is 2.43. The smallest absolute Gasteiger partial charge is 0.357 e. The summed E-state index contributed by atoms with van der Waals surface area (Å²) in [5.74, 6) is -0.0863. The van der Waals surface area contributed by atoms with Crippen LogP contribution in [0.4, 0.5) is 19.1 Å². The quantitative estimate of drug-likeness (QED) is 0.877. The van der Waals surface area contributed by atoms with Gasteiger partial charge in [-0.25, -0.2) is 15.0 Å². The molecule has 0 aliphatic rings. The highest BCUT2D eigenvalue weighted by Crippen LogP contribution is 2.33. The molecule has 0 unspecified atom stereocenters. The monoisotopic (exact) mass is 293 g/mol. The second-order valence-electron chi connectivity index (χ2n) is 2.97. The van der Waals surface area contributed by atoms with E-state index in [1.165, 1.54) is 13.4 Å². The summed E-state index contributed by atoms with van der Waals surface area (Å²) in [6.07, 6.45) is -3.18. The molecular weight excluding hydrogens is 287 g/mol. The molecule has 5 nitrogen and oxygen atoms in total. The number of hydrogen-bond donors (Lipinski definition) is 1. The SMILES string of the molecule is CNc1nc(Sc2ncns2)cc(C(F)(F)F)n1. The fraction of sp³-hybridized carbons (Fsp3) is 0.250. The van der Waals surface area contributed by atoms with Crippen molar-refractivity contribution < 1.29 is 13.2 Å². The lowest BCUT2D eigenvalue weighted by Gasteiger charge is -2.08. The van der Waals surface area contributed by atoms with E-state index in [-0.39, 0.29) is 11.0 Å². The highest BCUT2D eigenvalue weighted by molar-refractivity contribution is 8.00. The minimum atomic E-state index is -4.51. The number of nitrogens with one attached hydrogen (secondary N) is 1. The number of rotatable bonds is 3. The first-order valence-corrected chi connectivity index (χ1v) is 6.16. The van der Waals surface area contributed by atoms with Gasteiger partial charge < -0.3 is 5.32 Å². The van der Waals surface area contributed by atoms with E-state index in [1.807, 2.05) is 0 Å². The molecule has 2 aromatic rings. The Hall–Kier alpha value is -1.42. The lowest BCUT2D eigenvalue weighted by molar-refractivity contribution is -0.141. The number of aromatic nitrogens is 4. The zero-order chi connectivity index (χ0) is 13.2. The zero-order valence-corrected chi connectivity index (χ0v) is 10.5. The van der Waals surface area contributed by atoms with Gasteiger partial charge in [-0.05, 0) is 23.3 Å². The molecule has 0 amide bonds. The van der Waals surface area contributed by atoms with E-state index in [0.29, 0.717) is 4.34 Å². The van der Waals surface area contributed by atoms with Crippen molar-refractivity contribution >= 4 is 29.2 Å². The van der Waals surface area contributed by atoms with Gasteiger partial charge in [0.15, 0.2) is 10.0 Å². The molecule has 10 heteroatoms. The third-order valence-corrected chi connectivity index (χ3v) is 3.38. The van der Waals surface area contributed by atoms with E-state index in [0.717, 1.165) is 29.4 Å². The number of hydrogen-bond acceptors (Lipinski definition) is 7. The molecule has 0 radical (unpaired) electrons. The Bertz CT molecular complexity index is 528. The van der Waals surface area contributed by atoms with Gasteiger partial charge in [-0.15, -0.1) is 0 Å². The van der Waals surface area contributed by atoms with Crippen molar-refractivity contribution in [2.24, 2.45) is 0 Å². The second kappa shape index (κ2) is 5.06. The third-order valence-electron chi connectivity index (χ3n) is 1.75. The highest BCUT2D eigenvalue weighted by atomic mass is 32.2. The molecule has 0 spiro atoms. The number of anilines is 1. The number of nitrogens with zero attached hydrogens (tertiary/aromatic N) is 4. The van der Waals surface area contributed by atoms with Crippen molar-refractivity contribution in [2.75, 3.05) is 12.4 Å². The van der Waals surface area contributed by atoms with Crippen LogP contribution >= 0.6 is 23.3 Å². The topological polar surface area (TPSA) is 63.6 Å². The van der Waals surface area contributed by atoms with Crippen molar-refractivity contribution in [3.63, 3.8) is 0 Å². The minimum Gasteiger partial charge on any atom is -0.357 e. The summed E-state index contributed by atoms with van der Waals surface area (Å²) in [6, 6.07) is 0.882. The van der Waals surface area contributed by atoms with Crippen LogP contribution in [-0.4, -0.2) is 26.4 Å². The van der Waals surface area contributed by atoms with Crippen LogP contribution < -0.4 is 5.32 Å². The van der Waals surface area contributed by atoms with Crippen molar-refractivity contribution in [1.82, 2.24) is 19.3 Å². The summed E-state index contributed by atoms with van der Waals surface area (Å²) in [7, 11) is 1.45. The highest BCUT2D eigenvalue weighted by Gasteiger charge is 2.33. The molecule has 0 saturated heterocycles. The molecule has 96 valence electrons. The first-order chi connectivity index (χ1) is 8.49. The molecular formula is C8H6F3N5S2. The van der Waals surface area contributed by atoms with Gasteiger partial charge in [0.05, 0.1) is 0 Å². The maximum atomic E-state index is 12.6. The summed E-state index contributed by atoms with van der Waals surface area (Å²) >= 11 is 2.09. The molecule has 1 N–H and O–H groups in total. The van der Waals surface area contributed by atoms with Crippen LogP contribution in [0.3, 0.4) is 0 Å². The first kappa shape index (κ1) is 13.0. The van der Waals surface area contributed by atoms with Crippen molar-refractivity contribution in [3.05, 3.63) is 18.1 Å². The molecule has 0 saturated carbocycles. The Labute approximate surface area is 108 Å². The molecule has 2 rings (SSSR count). The van der Waals surface area contributed by atoms with Crippen molar-refractivity contribution in [2.45, 2.75) is 15.5 Å². The summed E-state index contributed by atoms with van der Waals surface area (Å²) in [6.45, 7) is 0. The Morgan fingerprint density at radius 3 is 2.67 bits per heavy atom. The van der Waals surface area contributed by atoms with Crippen molar-refractivity contribution in [1.29, 1.82) is 0 Å². The summed E-state index contributed by atoms with van der Waals surface area (Å²) in [4.78, 5) is 11.1. The maximum absolute atomic E-state index is 12.6. The molecule has 0 aromatic carbocycles. The molecule has 0 atom stereocenters. The maximum Gasteiger partial charge on any atom is 0.433 e. The Kier molecular flexibility index (Phi) is 3.66. The number of halogens is 3. The van der Waals surface area contributed by atoms with Gasteiger partial charge in [0.1, 0.15) is 11.4 Å². The van der Waals surface area contributed by atoms with Crippen LogP contribution in [0.25, 0.3) is 0 Å². The summed E-state index contributed by atoms with van der Waals surface area (Å²) in [5.41, 5.74) is -0.992. The molecule has 18 heavy (non-hydrogen) atoms. The van der Waals surface area contributed by atoms with Crippen LogP contribution in [0.5, 0.6) is 0 Å². The van der Waals surface area contributed by atoms with Crippen LogP contribution in [0.15, 0.2) is 21.8 Å². The van der Waals surface area contributed by atoms with E-state index in [9.17, 15) is 13.2 Å². The predicted octanol–water partition coefficient (Wildman–Crippen LogP) is 2.54. The lowest BCUT2D eigenvalue weighted by Crippen LogP contribution is -2.11. The third kappa shape index (κ3) is 3.07. The Morgan fingerprint density at radius 2 is 2.11 bits per heavy atom. The molecule has 2 heterocycles. The van der Waals surface area contributed by atoms with Crippen LogP contribution in [-0.2, 0) is 6.18 Å². The van der Waals surface area contributed by atoms with E-state index in [1.54, 1.807) is 0 Å². The molecule has 0 fully saturated rings. The predicted molar refractivity (Wildman–Crippen MR) is 60.6 cm³/mol. The van der Waals surface area contributed by atoms with Crippen LogP contribution in [0, 0.1) is 0 Å². The van der Waals surface area contributed by atoms with E-state index in [2.05, 4.69) is 24.6 Å².